The normalized spacial score (nSPS) is 30.9. The SMILES string of the molecule is CCCCCNC(=O)C1N(CCO)C(=O)[C@@H]2[C@@H](C(=O)Nc3ccc(OCC)cc3)[C@H]3CC(C)C12S3. The number of nitrogens with zero attached hydrogens (tertiary/aromatic N) is 1. The van der Waals surface area contributed by atoms with Gasteiger partial charge in [0.05, 0.1) is 29.8 Å². The molecule has 0 aromatic heterocycles. The molecule has 2 bridgehead atoms. The molecular weight excluding hydrogens is 466 g/mol. The first-order valence-corrected chi connectivity index (χ1v) is 13.7. The first-order valence-electron chi connectivity index (χ1n) is 12.8. The standard InChI is InChI=1S/C26H37N3O5S/c1-4-6-7-12-27-24(32)22-26-16(3)15-19(35-26)20(21(26)25(33)29(22)13-14-30)23(31)28-17-8-10-18(11-9-17)34-5-2/h8-11,16,19-22,30H,4-7,12-15H2,1-3H3,(H,27,32)(H,28,31)/t16?,19-,20+,21+,22?,26?/m1/s1. The average Bonchev–Trinajstić information content (AvgIpc) is 3.42. The summed E-state index contributed by atoms with van der Waals surface area (Å²) in [5.74, 6) is -0.815. The molecule has 4 rings (SSSR count). The number of nitrogens with one attached hydrogen (secondary N) is 2. The predicted molar refractivity (Wildman–Crippen MR) is 136 cm³/mol. The summed E-state index contributed by atoms with van der Waals surface area (Å²) < 4.78 is 4.81. The number of hydrogen-bond donors (Lipinski definition) is 3. The first kappa shape index (κ1) is 25.8. The number of amides is 3. The number of likely N-dealkylation sites (tertiary alicyclic amines) is 1. The maximum atomic E-state index is 13.7. The highest BCUT2D eigenvalue weighted by Gasteiger charge is 2.75. The maximum absolute atomic E-state index is 13.7. The van der Waals surface area contributed by atoms with Crippen LogP contribution in [0.25, 0.3) is 0 Å². The number of carbonyl (C=O) groups is 3. The number of fused-ring (bicyclic) bond motifs is 1. The van der Waals surface area contributed by atoms with E-state index in [1.807, 2.05) is 6.92 Å². The van der Waals surface area contributed by atoms with Crippen LogP contribution in [-0.2, 0) is 14.4 Å². The van der Waals surface area contributed by atoms with Gasteiger partial charge in [-0.2, -0.15) is 0 Å². The van der Waals surface area contributed by atoms with Crippen molar-refractivity contribution in [2.24, 2.45) is 17.8 Å². The largest absolute Gasteiger partial charge is 0.494 e. The van der Waals surface area contributed by atoms with Crippen molar-refractivity contribution < 1.29 is 24.2 Å². The molecule has 3 heterocycles. The van der Waals surface area contributed by atoms with Crippen molar-refractivity contribution in [3.63, 3.8) is 0 Å². The molecule has 9 heteroatoms. The van der Waals surface area contributed by atoms with Gasteiger partial charge in [-0.05, 0) is 49.9 Å². The summed E-state index contributed by atoms with van der Waals surface area (Å²) >= 11 is 1.64. The highest BCUT2D eigenvalue weighted by molar-refractivity contribution is 8.02. The van der Waals surface area contributed by atoms with Gasteiger partial charge in [-0.3, -0.25) is 14.4 Å². The average molecular weight is 504 g/mol. The Morgan fingerprint density at radius 2 is 1.94 bits per heavy atom. The highest BCUT2D eigenvalue weighted by Crippen LogP contribution is 2.68. The van der Waals surface area contributed by atoms with Crippen LogP contribution in [0.4, 0.5) is 5.69 Å². The Morgan fingerprint density at radius 3 is 2.60 bits per heavy atom. The molecule has 0 saturated carbocycles. The van der Waals surface area contributed by atoms with Crippen LogP contribution >= 0.6 is 11.8 Å². The third-order valence-corrected chi connectivity index (χ3v) is 9.73. The summed E-state index contributed by atoms with van der Waals surface area (Å²) in [5.41, 5.74) is 0.649. The van der Waals surface area contributed by atoms with E-state index in [0.717, 1.165) is 31.4 Å². The molecule has 3 aliphatic heterocycles. The lowest BCUT2D eigenvalue weighted by molar-refractivity contribution is -0.139. The second-order valence-electron chi connectivity index (χ2n) is 9.75. The molecule has 6 atom stereocenters. The first-order chi connectivity index (χ1) is 16.9. The van der Waals surface area contributed by atoms with Crippen molar-refractivity contribution in [1.82, 2.24) is 10.2 Å². The monoisotopic (exact) mass is 503 g/mol. The van der Waals surface area contributed by atoms with E-state index in [0.29, 0.717) is 18.8 Å². The molecule has 1 aromatic rings. The Morgan fingerprint density at radius 1 is 1.20 bits per heavy atom. The van der Waals surface area contributed by atoms with Crippen LogP contribution in [0.5, 0.6) is 5.75 Å². The quantitative estimate of drug-likeness (QED) is 0.401. The van der Waals surface area contributed by atoms with Gasteiger partial charge in [0.25, 0.3) is 0 Å². The van der Waals surface area contributed by atoms with E-state index >= 15 is 0 Å². The molecule has 0 aliphatic carbocycles. The topological polar surface area (TPSA) is 108 Å². The smallest absolute Gasteiger partial charge is 0.244 e. The van der Waals surface area contributed by atoms with Crippen LogP contribution in [0.2, 0.25) is 0 Å². The van der Waals surface area contributed by atoms with Crippen molar-refractivity contribution in [2.45, 2.75) is 62.5 Å². The Balaban J connectivity index is 1.58. The van der Waals surface area contributed by atoms with E-state index in [9.17, 15) is 19.5 Å². The van der Waals surface area contributed by atoms with Crippen molar-refractivity contribution in [3.05, 3.63) is 24.3 Å². The number of carbonyl (C=O) groups excluding carboxylic acids is 3. The van der Waals surface area contributed by atoms with Gasteiger partial charge >= 0.3 is 0 Å². The number of thioether (sulfide) groups is 1. The van der Waals surface area contributed by atoms with Crippen LogP contribution in [0, 0.1) is 17.8 Å². The minimum atomic E-state index is -0.679. The van der Waals surface area contributed by atoms with Crippen LogP contribution in [-0.4, -0.2) is 70.1 Å². The number of aliphatic hydroxyl groups excluding tert-OH is 1. The number of hydrogen-bond acceptors (Lipinski definition) is 6. The zero-order chi connectivity index (χ0) is 25.2. The Bertz CT molecular complexity index is 941. The van der Waals surface area contributed by atoms with Crippen LogP contribution in [0.15, 0.2) is 24.3 Å². The lowest BCUT2D eigenvalue weighted by Gasteiger charge is -2.38. The summed E-state index contributed by atoms with van der Waals surface area (Å²) in [6.07, 6.45) is 3.75. The van der Waals surface area contributed by atoms with E-state index in [1.165, 1.54) is 4.90 Å². The van der Waals surface area contributed by atoms with Gasteiger partial charge in [0, 0.05) is 24.0 Å². The summed E-state index contributed by atoms with van der Waals surface area (Å²) in [6.45, 7) is 7.11. The zero-order valence-electron chi connectivity index (χ0n) is 20.8. The molecule has 192 valence electrons. The third kappa shape index (κ3) is 4.53. The van der Waals surface area contributed by atoms with E-state index in [-0.39, 0.29) is 42.0 Å². The molecule has 0 radical (unpaired) electrons. The van der Waals surface area contributed by atoms with Gasteiger partial charge in [0.1, 0.15) is 11.8 Å². The third-order valence-electron chi connectivity index (χ3n) is 7.65. The molecule has 3 aliphatic rings. The molecule has 3 amide bonds. The summed E-state index contributed by atoms with van der Waals surface area (Å²) in [7, 11) is 0. The molecule has 8 nitrogen and oxygen atoms in total. The van der Waals surface area contributed by atoms with Gasteiger partial charge in [-0.15, -0.1) is 11.8 Å². The van der Waals surface area contributed by atoms with Crippen molar-refractivity contribution in [3.8, 4) is 5.75 Å². The lowest BCUT2D eigenvalue weighted by Crippen LogP contribution is -2.56. The molecule has 1 spiro atoms. The molecule has 3 N–H and O–H groups in total. The minimum Gasteiger partial charge on any atom is -0.494 e. The highest BCUT2D eigenvalue weighted by atomic mass is 32.2. The lowest BCUT2D eigenvalue weighted by atomic mass is 9.66. The fourth-order valence-electron chi connectivity index (χ4n) is 6.18. The molecule has 3 fully saturated rings. The van der Waals surface area contributed by atoms with Crippen molar-refractivity contribution in [1.29, 1.82) is 0 Å². The van der Waals surface area contributed by atoms with E-state index in [4.69, 9.17) is 4.74 Å². The molecule has 3 saturated heterocycles. The molecule has 1 aromatic carbocycles. The maximum Gasteiger partial charge on any atom is 0.244 e. The number of benzene rings is 1. The fourth-order valence-corrected chi connectivity index (χ4v) is 8.60. The number of β-amino-alcohol motifs (C(OH)–C–C–N with tert-alkyl or cyclic N) is 1. The van der Waals surface area contributed by atoms with Gasteiger partial charge < -0.3 is 25.4 Å². The minimum absolute atomic E-state index is 0.0201. The number of unbranched alkanes of at least 4 members (excludes halogenated alkanes) is 2. The van der Waals surface area contributed by atoms with Crippen molar-refractivity contribution >= 4 is 35.2 Å². The van der Waals surface area contributed by atoms with E-state index in [2.05, 4.69) is 24.5 Å². The second-order valence-corrected chi connectivity index (χ2v) is 11.3. The summed E-state index contributed by atoms with van der Waals surface area (Å²) in [4.78, 5) is 42.2. The van der Waals surface area contributed by atoms with Crippen LogP contribution < -0.4 is 15.4 Å². The fraction of sp³-hybridized carbons (Fsp3) is 0.654. The Kier molecular flexibility index (Phi) is 7.96. The molecule has 3 unspecified atom stereocenters. The number of rotatable bonds is 11. The summed E-state index contributed by atoms with van der Waals surface area (Å²) in [6, 6.07) is 6.52. The number of anilines is 1. The zero-order valence-corrected chi connectivity index (χ0v) is 21.6. The van der Waals surface area contributed by atoms with Crippen LogP contribution in [0.3, 0.4) is 0 Å². The number of ether oxygens (including phenoxy) is 1. The number of aliphatic hydroxyl groups is 1. The Labute approximate surface area is 211 Å². The molecule has 35 heavy (non-hydrogen) atoms. The van der Waals surface area contributed by atoms with Gasteiger partial charge in [-0.25, -0.2) is 0 Å². The van der Waals surface area contributed by atoms with Gasteiger partial charge in [0.15, 0.2) is 0 Å². The van der Waals surface area contributed by atoms with Gasteiger partial charge in [0.2, 0.25) is 17.7 Å². The predicted octanol–water partition coefficient (Wildman–Crippen LogP) is 2.66. The van der Waals surface area contributed by atoms with E-state index in [1.54, 1.807) is 36.0 Å². The second kappa shape index (κ2) is 10.8. The van der Waals surface area contributed by atoms with Gasteiger partial charge in [-0.1, -0.05) is 26.7 Å². The van der Waals surface area contributed by atoms with Crippen LogP contribution in [0.1, 0.15) is 46.5 Å². The van der Waals surface area contributed by atoms with E-state index < -0.39 is 22.6 Å². The summed E-state index contributed by atoms with van der Waals surface area (Å²) in [5, 5.41) is 15.7. The van der Waals surface area contributed by atoms with Crippen molar-refractivity contribution in [2.75, 3.05) is 31.6 Å². The Hall–Kier alpha value is -2.26. The molecular formula is C26H37N3O5S.